The lowest BCUT2D eigenvalue weighted by molar-refractivity contribution is -0.275. The van der Waals surface area contributed by atoms with E-state index in [2.05, 4.69) is 4.74 Å². The highest BCUT2D eigenvalue weighted by molar-refractivity contribution is 5.42. The smallest absolute Gasteiger partial charge is 0.405 e. The van der Waals surface area contributed by atoms with Gasteiger partial charge in [0.25, 0.3) is 0 Å². The Morgan fingerprint density at radius 1 is 1.40 bits per heavy atom. The fraction of sp³-hybridized carbons (Fsp3) is 0.300. The van der Waals surface area contributed by atoms with E-state index < -0.39 is 6.36 Å². The molecule has 0 aliphatic rings. The van der Waals surface area contributed by atoms with E-state index >= 15 is 0 Å². The van der Waals surface area contributed by atoms with Gasteiger partial charge in [-0.15, -0.1) is 13.2 Å². The van der Waals surface area contributed by atoms with Crippen molar-refractivity contribution in [3.63, 3.8) is 0 Å². The number of hydrogen-bond acceptors (Lipinski definition) is 2. The van der Waals surface area contributed by atoms with Gasteiger partial charge in [-0.3, -0.25) is 0 Å². The number of nitrogens with zero attached hydrogens (tertiary/aromatic N) is 1. The van der Waals surface area contributed by atoms with Crippen LogP contribution in [0.1, 0.15) is 11.1 Å². The molecule has 0 atom stereocenters. The minimum absolute atomic E-state index is 0.104. The molecule has 0 fully saturated rings. The molecule has 0 saturated carbocycles. The SMILES string of the molecule is Cc1cccc(CC#N)c1OC(F)(F)F. The lowest BCUT2D eigenvalue weighted by atomic mass is 10.1. The molecule has 1 rings (SSSR count). The van der Waals surface area contributed by atoms with Crippen LogP contribution in [0.15, 0.2) is 18.2 Å². The van der Waals surface area contributed by atoms with Crippen molar-refractivity contribution in [1.29, 1.82) is 5.26 Å². The topological polar surface area (TPSA) is 33.0 Å². The molecular weight excluding hydrogens is 207 g/mol. The van der Waals surface area contributed by atoms with Crippen LogP contribution < -0.4 is 4.74 Å². The third-order valence-electron chi connectivity index (χ3n) is 1.78. The molecule has 0 heterocycles. The highest BCUT2D eigenvalue weighted by Gasteiger charge is 2.32. The second kappa shape index (κ2) is 4.22. The van der Waals surface area contributed by atoms with Gasteiger partial charge in [0.05, 0.1) is 12.5 Å². The maximum atomic E-state index is 12.0. The Balaban J connectivity index is 3.09. The molecular formula is C10H8F3NO. The van der Waals surface area contributed by atoms with Crippen LogP contribution in [0.25, 0.3) is 0 Å². The van der Waals surface area contributed by atoms with Gasteiger partial charge in [0.1, 0.15) is 5.75 Å². The first-order valence-electron chi connectivity index (χ1n) is 4.15. The number of aryl methyl sites for hydroxylation is 1. The molecule has 0 radical (unpaired) electrons. The van der Waals surface area contributed by atoms with Crippen LogP contribution in [0.3, 0.4) is 0 Å². The molecule has 15 heavy (non-hydrogen) atoms. The van der Waals surface area contributed by atoms with Crippen molar-refractivity contribution < 1.29 is 17.9 Å². The van der Waals surface area contributed by atoms with Gasteiger partial charge >= 0.3 is 6.36 Å². The third kappa shape index (κ3) is 3.17. The summed E-state index contributed by atoms with van der Waals surface area (Å²) >= 11 is 0. The summed E-state index contributed by atoms with van der Waals surface area (Å²) in [6, 6.07) is 6.32. The maximum absolute atomic E-state index is 12.0. The fourth-order valence-corrected chi connectivity index (χ4v) is 1.20. The van der Waals surface area contributed by atoms with Crippen LogP contribution in [-0.2, 0) is 6.42 Å². The Bertz CT molecular complexity index is 393. The molecule has 0 N–H and O–H groups in total. The summed E-state index contributed by atoms with van der Waals surface area (Å²) in [5.74, 6) is -0.272. The van der Waals surface area contributed by atoms with Gasteiger partial charge in [-0.2, -0.15) is 5.26 Å². The third-order valence-corrected chi connectivity index (χ3v) is 1.78. The van der Waals surface area contributed by atoms with Crippen LogP contribution >= 0.6 is 0 Å². The molecule has 2 nitrogen and oxygen atoms in total. The van der Waals surface area contributed by atoms with Gasteiger partial charge in [0.15, 0.2) is 0 Å². The van der Waals surface area contributed by atoms with Crippen molar-refractivity contribution in [2.75, 3.05) is 0 Å². The van der Waals surface area contributed by atoms with Crippen molar-refractivity contribution in [3.8, 4) is 11.8 Å². The summed E-state index contributed by atoms with van der Waals surface area (Å²) in [6.07, 6.45) is -4.83. The van der Waals surface area contributed by atoms with Crippen LogP contribution in [-0.4, -0.2) is 6.36 Å². The van der Waals surface area contributed by atoms with E-state index in [-0.39, 0.29) is 17.7 Å². The molecule has 0 amide bonds. The number of halogens is 3. The van der Waals surface area contributed by atoms with E-state index in [1.807, 2.05) is 0 Å². The quantitative estimate of drug-likeness (QED) is 0.759. The number of para-hydroxylation sites is 1. The first-order valence-corrected chi connectivity index (χ1v) is 4.15. The van der Waals surface area contributed by atoms with Gasteiger partial charge in [0, 0.05) is 5.56 Å². The van der Waals surface area contributed by atoms with Crippen LogP contribution in [0, 0.1) is 18.3 Å². The molecule has 1 aromatic rings. The van der Waals surface area contributed by atoms with E-state index in [4.69, 9.17) is 5.26 Å². The predicted octanol–water partition coefficient (Wildman–Crippen LogP) is 2.96. The van der Waals surface area contributed by atoms with Crippen molar-refractivity contribution in [2.24, 2.45) is 0 Å². The first kappa shape index (κ1) is 11.4. The Morgan fingerprint density at radius 3 is 2.60 bits per heavy atom. The average molecular weight is 215 g/mol. The Labute approximate surface area is 84.9 Å². The number of ether oxygens (including phenoxy) is 1. The Morgan fingerprint density at radius 2 is 2.07 bits per heavy atom. The zero-order chi connectivity index (χ0) is 11.5. The molecule has 0 aliphatic carbocycles. The van der Waals surface area contributed by atoms with E-state index in [0.29, 0.717) is 5.56 Å². The fourth-order valence-electron chi connectivity index (χ4n) is 1.20. The summed E-state index contributed by atoms with van der Waals surface area (Å²) in [5, 5.41) is 8.45. The number of nitriles is 1. The summed E-state index contributed by atoms with van der Waals surface area (Å²) in [7, 11) is 0. The van der Waals surface area contributed by atoms with E-state index in [1.165, 1.54) is 19.1 Å². The minimum atomic E-state index is -4.73. The highest BCUT2D eigenvalue weighted by Crippen LogP contribution is 2.29. The molecule has 80 valence electrons. The van der Waals surface area contributed by atoms with Crippen molar-refractivity contribution >= 4 is 0 Å². The van der Waals surface area contributed by atoms with Gasteiger partial charge in [-0.05, 0) is 12.5 Å². The van der Waals surface area contributed by atoms with E-state index in [0.717, 1.165) is 0 Å². The molecule has 0 spiro atoms. The van der Waals surface area contributed by atoms with Crippen LogP contribution in [0.2, 0.25) is 0 Å². The monoisotopic (exact) mass is 215 g/mol. The van der Waals surface area contributed by atoms with Gasteiger partial charge in [-0.25, -0.2) is 0 Å². The molecule has 1 aromatic carbocycles. The molecule has 0 unspecified atom stereocenters. The summed E-state index contributed by atoms with van der Waals surface area (Å²) in [5.41, 5.74) is 0.606. The molecule has 0 bridgehead atoms. The normalized spacial score (nSPS) is 10.9. The summed E-state index contributed by atoms with van der Waals surface area (Å²) in [4.78, 5) is 0. The molecule has 0 saturated heterocycles. The summed E-state index contributed by atoms with van der Waals surface area (Å²) in [6.45, 7) is 1.50. The van der Waals surface area contributed by atoms with E-state index in [9.17, 15) is 13.2 Å². The zero-order valence-electron chi connectivity index (χ0n) is 7.93. The average Bonchev–Trinajstić information content (AvgIpc) is 2.10. The van der Waals surface area contributed by atoms with Crippen LogP contribution in [0.5, 0.6) is 5.75 Å². The zero-order valence-corrected chi connectivity index (χ0v) is 7.93. The van der Waals surface area contributed by atoms with Crippen molar-refractivity contribution in [3.05, 3.63) is 29.3 Å². The minimum Gasteiger partial charge on any atom is -0.405 e. The number of benzene rings is 1. The van der Waals surface area contributed by atoms with Gasteiger partial charge in [0.2, 0.25) is 0 Å². The number of alkyl halides is 3. The summed E-state index contributed by atoms with van der Waals surface area (Å²) < 4.78 is 40.0. The first-order chi connectivity index (χ1) is 6.94. The molecule has 5 heteroatoms. The number of hydrogen-bond donors (Lipinski definition) is 0. The van der Waals surface area contributed by atoms with Crippen LogP contribution in [0.4, 0.5) is 13.2 Å². The van der Waals surface area contributed by atoms with Crippen molar-refractivity contribution in [1.82, 2.24) is 0 Å². The van der Waals surface area contributed by atoms with Gasteiger partial charge < -0.3 is 4.74 Å². The molecule has 0 aliphatic heterocycles. The van der Waals surface area contributed by atoms with Crippen molar-refractivity contribution in [2.45, 2.75) is 19.7 Å². The second-order valence-electron chi connectivity index (χ2n) is 2.95. The standard InChI is InChI=1S/C10H8F3NO/c1-7-3-2-4-8(5-6-14)9(7)15-10(11,12)13/h2-4H,5H2,1H3. The highest BCUT2D eigenvalue weighted by atomic mass is 19.4. The number of rotatable bonds is 2. The Kier molecular flexibility index (Phi) is 3.20. The lowest BCUT2D eigenvalue weighted by Gasteiger charge is -2.13. The molecule has 0 aromatic heterocycles. The second-order valence-corrected chi connectivity index (χ2v) is 2.95. The largest absolute Gasteiger partial charge is 0.573 e. The maximum Gasteiger partial charge on any atom is 0.573 e. The lowest BCUT2D eigenvalue weighted by Crippen LogP contribution is -2.18. The van der Waals surface area contributed by atoms with Gasteiger partial charge in [-0.1, -0.05) is 18.2 Å². The Hall–Kier alpha value is -1.70. The predicted molar refractivity (Wildman–Crippen MR) is 47.2 cm³/mol. The van der Waals surface area contributed by atoms with E-state index in [1.54, 1.807) is 12.1 Å².